The summed E-state index contributed by atoms with van der Waals surface area (Å²) < 4.78 is 16.6. The van der Waals surface area contributed by atoms with Gasteiger partial charge in [-0.25, -0.2) is 4.79 Å². The predicted molar refractivity (Wildman–Crippen MR) is 98.6 cm³/mol. The van der Waals surface area contributed by atoms with Gasteiger partial charge in [0.15, 0.2) is 0 Å². The normalized spacial score (nSPS) is 26.6. The standard InChI is InChI=1S/C20H35NO5/c1-19(2,3)26-18(23)21-15(12-14-10-8-7-9-11-14)16(13-17(22)24-6)25-20(21,4)5/h14-16H,7-13H2,1-6H3/t15-,16-/m0/s1. The van der Waals surface area contributed by atoms with E-state index in [1.165, 1.54) is 39.2 Å². The Labute approximate surface area is 157 Å². The summed E-state index contributed by atoms with van der Waals surface area (Å²) in [7, 11) is 1.38. The first kappa shape index (κ1) is 21.0. The van der Waals surface area contributed by atoms with E-state index in [4.69, 9.17) is 14.2 Å². The molecule has 2 rings (SSSR count). The van der Waals surface area contributed by atoms with Gasteiger partial charge in [-0.15, -0.1) is 0 Å². The van der Waals surface area contributed by atoms with Crippen LogP contribution in [0, 0.1) is 5.92 Å². The van der Waals surface area contributed by atoms with Crippen LogP contribution < -0.4 is 0 Å². The quantitative estimate of drug-likeness (QED) is 0.693. The zero-order valence-electron chi connectivity index (χ0n) is 17.2. The molecule has 1 amide bonds. The van der Waals surface area contributed by atoms with Crippen molar-refractivity contribution in [3.8, 4) is 0 Å². The smallest absolute Gasteiger partial charge is 0.412 e. The van der Waals surface area contributed by atoms with Crippen molar-refractivity contribution in [3.05, 3.63) is 0 Å². The minimum atomic E-state index is -0.819. The van der Waals surface area contributed by atoms with Gasteiger partial charge in [0.25, 0.3) is 0 Å². The molecule has 6 nitrogen and oxygen atoms in total. The Hall–Kier alpha value is -1.30. The van der Waals surface area contributed by atoms with Crippen LogP contribution in [0.4, 0.5) is 4.79 Å². The van der Waals surface area contributed by atoms with Crippen LogP contribution in [0.5, 0.6) is 0 Å². The van der Waals surface area contributed by atoms with Crippen molar-refractivity contribution < 1.29 is 23.8 Å². The molecule has 150 valence electrons. The highest BCUT2D eigenvalue weighted by atomic mass is 16.6. The Morgan fingerprint density at radius 1 is 1.15 bits per heavy atom. The topological polar surface area (TPSA) is 65.1 Å². The maximum atomic E-state index is 12.9. The van der Waals surface area contributed by atoms with E-state index in [1.54, 1.807) is 4.90 Å². The van der Waals surface area contributed by atoms with Crippen LogP contribution in [0.1, 0.15) is 79.6 Å². The number of esters is 1. The summed E-state index contributed by atoms with van der Waals surface area (Å²) in [5, 5.41) is 0. The van der Waals surface area contributed by atoms with E-state index in [0.717, 1.165) is 6.42 Å². The van der Waals surface area contributed by atoms with Crippen LogP contribution in [-0.4, -0.2) is 47.5 Å². The zero-order valence-corrected chi connectivity index (χ0v) is 17.2. The van der Waals surface area contributed by atoms with E-state index in [2.05, 4.69) is 0 Å². The maximum absolute atomic E-state index is 12.9. The minimum Gasteiger partial charge on any atom is -0.469 e. The van der Waals surface area contributed by atoms with Crippen molar-refractivity contribution in [2.75, 3.05) is 7.11 Å². The summed E-state index contributed by atoms with van der Waals surface area (Å²) in [4.78, 5) is 26.5. The molecule has 26 heavy (non-hydrogen) atoms. The molecule has 0 bridgehead atoms. The van der Waals surface area contributed by atoms with Crippen LogP contribution >= 0.6 is 0 Å². The molecule has 1 saturated heterocycles. The molecule has 0 aromatic carbocycles. The first-order chi connectivity index (χ1) is 12.0. The second-order valence-electron chi connectivity index (χ2n) is 9.04. The molecule has 0 aromatic rings. The molecule has 0 aromatic heterocycles. The van der Waals surface area contributed by atoms with Crippen LogP contribution in [0.3, 0.4) is 0 Å². The average Bonchev–Trinajstić information content (AvgIpc) is 2.76. The van der Waals surface area contributed by atoms with E-state index in [0.29, 0.717) is 5.92 Å². The molecule has 0 N–H and O–H groups in total. The summed E-state index contributed by atoms with van der Waals surface area (Å²) in [5.74, 6) is 0.238. The molecule has 2 fully saturated rings. The lowest BCUT2D eigenvalue weighted by Gasteiger charge is -2.36. The number of amides is 1. The number of nitrogens with zero attached hydrogens (tertiary/aromatic N) is 1. The fourth-order valence-corrected chi connectivity index (χ4v) is 4.18. The van der Waals surface area contributed by atoms with Gasteiger partial charge >= 0.3 is 12.1 Å². The SMILES string of the molecule is COC(=O)C[C@@H]1OC(C)(C)N(C(=O)OC(C)(C)C)[C@H]1CC1CCCCC1. The molecule has 0 spiro atoms. The molecule has 0 unspecified atom stereocenters. The highest BCUT2D eigenvalue weighted by Crippen LogP contribution is 2.40. The third-order valence-electron chi connectivity index (χ3n) is 5.27. The van der Waals surface area contributed by atoms with E-state index >= 15 is 0 Å². The lowest BCUT2D eigenvalue weighted by atomic mass is 9.83. The molecule has 2 atom stereocenters. The predicted octanol–water partition coefficient (Wildman–Crippen LogP) is 4.26. The van der Waals surface area contributed by atoms with Crippen molar-refractivity contribution in [1.29, 1.82) is 0 Å². The highest BCUT2D eigenvalue weighted by molar-refractivity contribution is 5.72. The second-order valence-corrected chi connectivity index (χ2v) is 9.04. The van der Waals surface area contributed by atoms with Gasteiger partial charge in [-0.3, -0.25) is 9.69 Å². The fraction of sp³-hybridized carbons (Fsp3) is 0.900. The summed E-state index contributed by atoms with van der Waals surface area (Å²) in [6.45, 7) is 9.30. The van der Waals surface area contributed by atoms with Gasteiger partial charge in [0.2, 0.25) is 0 Å². The second kappa shape index (κ2) is 8.15. The van der Waals surface area contributed by atoms with Crippen molar-refractivity contribution in [2.45, 2.75) is 103 Å². The number of carbonyl (C=O) groups excluding carboxylic acids is 2. The molecule has 1 aliphatic heterocycles. The zero-order chi connectivity index (χ0) is 19.5. The minimum absolute atomic E-state index is 0.149. The molecule has 1 heterocycles. The summed E-state index contributed by atoms with van der Waals surface area (Å²) in [6, 6.07) is -0.179. The first-order valence-corrected chi connectivity index (χ1v) is 9.80. The van der Waals surface area contributed by atoms with Crippen molar-refractivity contribution in [1.82, 2.24) is 4.90 Å². The Balaban J connectivity index is 2.23. The van der Waals surface area contributed by atoms with Gasteiger partial charge < -0.3 is 14.2 Å². The Morgan fingerprint density at radius 3 is 2.31 bits per heavy atom. The number of rotatable bonds is 4. The summed E-state index contributed by atoms with van der Waals surface area (Å²) in [5.41, 5.74) is -1.40. The third kappa shape index (κ3) is 5.35. The van der Waals surface area contributed by atoms with E-state index < -0.39 is 11.3 Å². The van der Waals surface area contributed by atoms with Gasteiger partial charge in [0.05, 0.1) is 25.7 Å². The number of ether oxygens (including phenoxy) is 3. The third-order valence-corrected chi connectivity index (χ3v) is 5.27. The molecule has 6 heteroatoms. The fourth-order valence-electron chi connectivity index (χ4n) is 4.18. The average molecular weight is 370 g/mol. The van der Waals surface area contributed by atoms with E-state index in [9.17, 15) is 9.59 Å². The van der Waals surface area contributed by atoms with Gasteiger partial charge in [0.1, 0.15) is 11.3 Å². The molecule has 1 saturated carbocycles. The van der Waals surface area contributed by atoms with E-state index in [1.807, 2.05) is 34.6 Å². The molecule has 0 radical (unpaired) electrons. The molecule has 2 aliphatic rings. The van der Waals surface area contributed by atoms with Crippen LogP contribution in [0.2, 0.25) is 0 Å². The van der Waals surface area contributed by atoms with Gasteiger partial charge in [0, 0.05) is 0 Å². The molecule has 1 aliphatic carbocycles. The lowest BCUT2D eigenvalue weighted by molar-refractivity contribution is -0.145. The van der Waals surface area contributed by atoms with Crippen molar-refractivity contribution in [3.63, 3.8) is 0 Å². The monoisotopic (exact) mass is 369 g/mol. The van der Waals surface area contributed by atoms with Crippen molar-refractivity contribution in [2.24, 2.45) is 5.92 Å². The van der Waals surface area contributed by atoms with Crippen LogP contribution in [-0.2, 0) is 19.0 Å². The number of carbonyl (C=O) groups is 2. The Kier molecular flexibility index (Phi) is 6.59. The number of hydrogen-bond donors (Lipinski definition) is 0. The van der Waals surface area contributed by atoms with Crippen LogP contribution in [0.25, 0.3) is 0 Å². The highest BCUT2D eigenvalue weighted by Gasteiger charge is 2.52. The van der Waals surface area contributed by atoms with E-state index in [-0.39, 0.29) is 30.6 Å². The number of methoxy groups -OCH3 is 1. The largest absolute Gasteiger partial charge is 0.469 e. The van der Waals surface area contributed by atoms with Crippen LogP contribution in [0.15, 0.2) is 0 Å². The maximum Gasteiger partial charge on any atom is 0.412 e. The van der Waals surface area contributed by atoms with Gasteiger partial charge in [-0.2, -0.15) is 0 Å². The Bertz CT molecular complexity index is 505. The lowest BCUT2D eigenvalue weighted by Crippen LogP contribution is -2.51. The van der Waals surface area contributed by atoms with Gasteiger partial charge in [-0.05, 0) is 47.0 Å². The summed E-state index contributed by atoms with van der Waals surface area (Å²) in [6.07, 6.45) is 6.33. The molecular weight excluding hydrogens is 334 g/mol. The summed E-state index contributed by atoms with van der Waals surface area (Å²) >= 11 is 0. The molecular formula is C20H35NO5. The Morgan fingerprint density at radius 2 is 1.77 bits per heavy atom. The first-order valence-electron chi connectivity index (χ1n) is 9.80. The number of hydrogen-bond acceptors (Lipinski definition) is 5. The van der Waals surface area contributed by atoms with Crippen molar-refractivity contribution >= 4 is 12.1 Å². The van der Waals surface area contributed by atoms with Gasteiger partial charge in [-0.1, -0.05) is 32.1 Å².